The second-order valence-electron chi connectivity index (χ2n) is 8.06. The average Bonchev–Trinajstić information content (AvgIpc) is 3.45. The Labute approximate surface area is 184 Å². The van der Waals surface area contributed by atoms with Gasteiger partial charge in [-0.3, -0.25) is 9.59 Å². The van der Waals surface area contributed by atoms with Crippen molar-refractivity contribution in [2.75, 3.05) is 20.1 Å². The lowest BCUT2D eigenvalue weighted by Gasteiger charge is -2.27. The SMILES string of the molecule is CNC(=O)c1ccc(-c2ccc(C(=O)N3CCC[C@H]3CC3CCCN3)cc2)cc1.Cl. The Bertz CT molecular complexity index is 861. The van der Waals surface area contributed by atoms with Gasteiger partial charge in [0.2, 0.25) is 0 Å². The smallest absolute Gasteiger partial charge is 0.254 e. The van der Waals surface area contributed by atoms with Crippen molar-refractivity contribution in [3.05, 3.63) is 59.7 Å². The quantitative estimate of drug-likeness (QED) is 0.761. The zero-order valence-electron chi connectivity index (χ0n) is 17.4. The molecule has 6 heteroatoms. The Morgan fingerprint density at radius 3 is 2.17 bits per heavy atom. The molecule has 2 saturated heterocycles. The third-order valence-electron chi connectivity index (χ3n) is 6.20. The standard InChI is InChI=1S/C24H29N3O2.ClH/c1-25-23(28)19-10-6-17(7-11-19)18-8-12-20(13-9-18)24(29)27-15-3-5-22(27)16-21-4-2-14-26-21;/h6-13,21-22,26H,2-5,14-16H2,1H3,(H,25,28);1H/t21?,22-;/m0./s1. The van der Waals surface area contributed by atoms with Gasteiger partial charge in [0.05, 0.1) is 0 Å². The highest BCUT2D eigenvalue weighted by Crippen LogP contribution is 2.27. The van der Waals surface area contributed by atoms with Crippen LogP contribution in [0.15, 0.2) is 48.5 Å². The van der Waals surface area contributed by atoms with E-state index in [-0.39, 0.29) is 24.2 Å². The summed E-state index contributed by atoms with van der Waals surface area (Å²) in [6, 6.07) is 16.3. The molecule has 2 aliphatic rings. The predicted octanol–water partition coefficient (Wildman–Crippen LogP) is 3.88. The summed E-state index contributed by atoms with van der Waals surface area (Å²) in [6.45, 7) is 1.97. The number of nitrogens with one attached hydrogen (secondary N) is 2. The highest BCUT2D eigenvalue weighted by Gasteiger charge is 2.31. The lowest BCUT2D eigenvalue weighted by atomic mass is 10.0. The second-order valence-corrected chi connectivity index (χ2v) is 8.06. The molecular weight excluding hydrogens is 398 g/mol. The Balaban J connectivity index is 0.00000256. The first-order valence-corrected chi connectivity index (χ1v) is 10.6. The molecule has 2 fully saturated rings. The van der Waals surface area contributed by atoms with Crippen LogP contribution in [0.3, 0.4) is 0 Å². The number of carbonyl (C=O) groups excluding carboxylic acids is 2. The lowest BCUT2D eigenvalue weighted by Crippen LogP contribution is -2.39. The Kier molecular flexibility index (Phi) is 7.51. The summed E-state index contributed by atoms with van der Waals surface area (Å²) >= 11 is 0. The van der Waals surface area contributed by atoms with Crippen LogP contribution < -0.4 is 10.6 Å². The van der Waals surface area contributed by atoms with Gasteiger partial charge in [-0.05, 0) is 74.0 Å². The van der Waals surface area contributed by atoms with Gasteiger partial charge >= 0.3 is 0 Å². The maximum absolute atomic E-state index is 13.1. The number of likely N-dealkylation sites (tertiary alicyclic amines) is 1. The maximum atomic E-state index is 13.1. The lowest BCUT2D eigenvalue weighted by molar-refractivity contribution is 0.0724. The molecule has 0 radical (unpaired) electrons. The highest BCUT2D eigenvalue weighted by molar-refractivity contribution is 5.96. The average molecular weight is 428 g/mol. The number of hydrogen-bond acceptors (Lipinski definition) is 3. The number of rotatable bonds is 5. The molecule has 0 bridgehead atoms. The summed E-state index contributed by atoms with van der Waals surface area (Å²) in [4.78, 5) is 26.9. The van der Waals surface area contributed by atoms with E-state index in [1.54, 1.807) is 7.05 Å². The fourth-order valence-corrected chi connectivity index (χ4v) is 4.56. The minimum absolute atomic E-state index is 0. The first-order chi connectivity index (χ1) is 14.2. The van der Waals surface area contributed by atoms with Crippen molar-refractivity contribution in [2.45, 2.75) is 44.2 Å². The monoisotopic (exact) mass is 427 g/mol. The molecule has 0 spiro atoms. The highest BCUT2D eigenvalue weighted by atomic mass is 35.5. The third kappa shape index (κ3) is 4.85. The molecule has 0 saturated carbocycles. The van der Waals surface area contributed by atoms with Gasteiger partial charge in [-0.15, -0.1) is 12.4 Å². The summed E-state index contributed by atoms with van der Waals surface area (Å²) < 4.78 is 0. The van der Waals surface area contributed by atoms with Gasteiger partial charge in [0.25, 0.3) is 11.8 Å². The van der Waals surface area contributed by atoms with Crippen LogP contribution in [-0.4, -0.2) is 48.9 Å². The van der Waals surface area contributed by atoms with E-state index in [9.17, 15) is 9.59 Å². The van der Waals surface area contributed by atoms with E-state index in [2.05, 4.69) is 15.5 Å². The van der Waals surface area contributed by atoms with E-state index < -0.39 is 0 Å². The van der Waals surface area contributed by atoms with Crippen molar-refractivity contribution in [1.29, 1.82) is 0 Å². The van der Waals surface area contributed by atoms with E-state index in [4.69, 9.17) is 0 Å². The second kappa shape index (κ2) is 10.1. The van der Waals surface area contributed by atoms with Gasteiger partial charge in [-0.25, -0.2) is 0 Å². The van der Waals surface area contributed by atoms with E-state index >= 15 is 0 Å². The van der Waals surface area contributed by atoms with E-state index in [1.807, 2.05) is 48.5 Å². The molecule has 2 amide bonds. The van der Waals surface area contributed by atoms with Crippen molar-refractivity contribution < 1.29 is 9.59 Å². The summed E-state index contributed by atoms with van der Waals surface area (Å²) in [6.07, 6.45) is 5.75. The van der Waals surface area contributed by atoms with Crippen LogP contribution >= 0.6 is 12.4 Å². The predicted molar refractivity (Wildman–Crippen MR) is 122 cm³/mol. The van der Waals surface area contributed by atoms with Crippen LogP contribution in [0.25, 0.3) is 11.1 Å². The number of halogens is 1. The normalized spacial score (nSPS) is 20.6. The number of amides is 2. The minimum atomic E-state index is -0.0922. The number of carbonyl (C=O) groups is 2. The van der Waals surface area contributed by atoms with E-state index in [0.717, 1.165) is 49.0 Å². The molecule has 160 valence electrons. The molecule has 0 aliphatic carbocycles. The minimum Gasteiger partial charge on any atom is -0.355 e. The molecule has 2 atom stereocenters. The summed E-state index contributed by atoms with van der Waals surface area (Å²) in [7, 11) is 1.63. The van der Waals surface area contributed by atoms with Crippen molar-refractivity contribution >= 4 is 24.2 Å². The third-order valence-corrected chi connectivity index (χ3v) is 6.20. The van der Waals surface area contributed by atoms with Gasteiger partial charge in [0.15, 0.2) is 0 Å². The molecule has 2 aliphatic heterocycles. The Morgan fingerprint density at radius 1 is 0.967 bits per heavy atom. The van der Waals surface area contributed by atoms with Crippen molar-refractivity contribution in [2.24, 2.45) is 0 Å². The van der Waals surface area contributed by atoms with Crippen LogP contribution in [0.2, 0.25) is 0 Å². The van der Waals surface area contributed by atoms with Crippen LogP contribution in [-0.2, 0) is 0 Å². The van der Waals surface area contributed by atoms with Crippen molar-refractivity contribution in [3.8, 4) is 11.1 Å². The van der Waals surface area contributed by atoms with Gasteiger partial charge in [0.1, 0.15) is 0 Å². The zero-order chi connectivity index (χ0) is 20.2. The number of benzene rings is 2. The molecule has 0 aromatic heterocycles. The fraction of sp³-hybridized carbons (Fsp3) is 0.417. The topological polar surface area (TPSA) is 61.4 Å². The summed E-state index contributed by atoms with van der Waals surface area (Å²) in [5, 5.41) is 6.19. The largest absolute Gasteiger partial charge is 0.355 e. The van der Waals surface area contributed by atoms with Crippen LogP contribution in [0.5, 0.6) is 0 Å². The molecule has 4 rings (SSSR count). The molecular formula is C24H30ClN3O2. The van der Waals surface area contributed by atoms with Crippen LogP contribution in [0.4, 0.5) is 0 Å². The molecule has 2 heterocycles. The molecule has 1 unspecified atom stereocenters. The maximum Gasteiger partial charge on any atom is 0.254 e. The zero-order valence-corrected chi connectivity index (χ0v) is 18.2. The van der Waals surface area contributed by atoms with Crippen LogP contribution in [0, 0.1) is 0 Å². The molecule has 30 heavy (non-hydrogen) atoms. The first kappa shape index (κ1) is 22.3. The molecule has 2 aromatic rings. The van der Waals surface area contributed by atoms with Gasteiger partial charge < -0.3 is 15.5 Å². The van der Waals surface area contributed by atoms with Crippen molar-refractivity contribution in [3.63, 3.8) is 0 Å². The number of nitrogens with zero attached hydrogens (tertiary/aromatic N) is 1. The van der Waals surface area contributed by atoms with E-state index in [1.165, 1.54) is 12.8 Å². The van der Waals surface area contributed by atoms with Crippen LogP contribution in [0.1, 0.15) is 52.8 Å². The fourth-order valence-electron chi connectivity index (χ4n) is 4.56. The van der Waals surface area contributed by atoms with Gasteiger partial charge in [0, 0.05) is 36.8 Å². The molecule has 5 nitrogen and oxygen atoms in total. The summed E-state index contributed by atoms with van der Waals surface area (Å²) in [5.74, 6) is 0.0532. The van der Waals surface area contributed by atoms with Gasteiger partial charge in [-0.1, -0.05) is 24.3 Å². The van der Waals surface area contributed by atoms with E-state index in [0.29, 0.717) is 17.6 Å². The summed E-state index contributed by atoms with van der Waals surface area (Å²) in [5.41, 5.74) is 3.46. The molecule has 2 N–H and O–H groups in total. The Morgan fingerprint density at radius 2 is 1.60 bits per heavy atom. The number of hydrogen-bond donors (Lipinski definition) is 2. The van der Waals surface area contributed by atoms with Crippen molar-refractivity contribution in [1.82, 2.24) is 15.5 Å². The first-order valence-electron chi connectivity index (χ1n) is 10.6. The molecule has 2 aromatic carbocycles. The van der Waals surface area contributed by atoms with Gasteiger partial charge in [-0.2, -0.15) is 0 Å². The Hall–Kier alpha value is -2.37.